The fourth-order valence-corrected chi connectivity index (χ4v) is 1.87. The largest absolute Gasteiger partial charge is 0.385 e. The summed E-state index contributed by atoms with van der Waals surface area (Å²) in [7, 11) is 1.73. The number of hydrogen-bond acceptors (Lipinski definition) is 3. The number of fused-ring (bicyclic) bond motifs is 1. The van der Waals surface area contributed by atoms with E-state index in [9.17, 15) is 0 Å². The third-order valence-electron chi connectivity index (χ3n) is 2.84. The first-order chi connectivity index (χ1) is 8.31. The van der Waals surface area contributed by atoms with Crippen LogP contribution in [0.25, 0.3) is 10.8 Å². The van der Waals surface area contributed by atoms with Crippen molar-refractivity contribution < 1.29 is 4.74 Å². The Bertz CT molecular complexity index is 479. The zero-order valence-corrected chi connectivity index (χ0v) is 10.3. The molecule has 0 spiro atoms. The van der Waals surface area contributed by atoms with E-state index in [2.05, 4.69) is 35.4 Å². The quantitative estimate of drug-likeness (QED) is 0.857. The summed E-state index contributed by atoms with van der Waals surface area (Å²) >= 11 is 0. The first-order valence-corrected chi connectivity index (χ1v) is 5.89. The van der Waals surface area contributed by atoms with Crippen LogP contribution in [0, 0.1) is 0 Å². The Kier molecular flexibility index (Phi) is 3.94. The molecule has 0 bridgehead atoms. The van der Waals surface area contributed by atoms with Gasteiger partial charge in [-0.3, -0.25) is 4.98 Å². The van der Waals surface area contributed by atoms with Gasteiger partial charge in [0, 0.05) is 43.2 Å². The molecule has 17 heavy (non-hydrogen) atoms. The van der Waals surface area contributed by atoms with Gasteiger partial charge in [0.15, 0.2) is 0 Å². The molecule has 0 aliphatic rings. The molecule has 1 aromatic carbocycles. The van der Waals surface area contributed by atoms with E-state index in [1.807, 2.05) is 18.5 Å². The molecule has 2 aromatic rings. The molecule has 0 saturated heterocycles. The lowest BCUT2D eigenvalue weighted by atomic mass is 10.1. The van der Waals surface area contributed by atoms with E-state index in [0.29, 0.717) is 6.04 Å². The summed E-state index contributed by atoms with van der Waals surface area (Å²) in [5.74, 6) is 0. The number of pyridine rings is 1. The Morgan fingerprint density at radius 2 is 2.24 bits per heavy atom. The molecule has 1 N–H and O–H groups in total. The molecule has 1 unspecified atom stereocenters. The lowest BCUT2D eigenvalue weighted by Crippen LogP contribution is -2.17. The molecule has 0 amide bonds. The van der Waals surface area contributed by atoms with Gasteiger partial charge in [0.25, 0.3) is 0 Å². The highest BCUT2D eigenvalue weighted by Gasteiger charge is 2.04. The second kappa shape index (κ2) is 5.64. The first kappa shape index (κ1) is 11.9. The Morgan fingerprint density at radius 1 is 1.35 bits per heavy atom. The second-order valence-corrected chi connectivity index (χ2v) is 4.23. The van der Waals surface area contributed by atoms with Crippen LogP contribution in [0.15, 0.2) is 36.7 Å². The van der Waals surface area contributed by atoms with Crippen molar-refractivity contribution in [3.8, 4) is 0 Å². The van der Waals surface area contributed by atoms with Crippen molar-refractivity contribution in [2.24, 2.45) is 0 Å². The van der Waals surface area contributed by atoms with Crippen molar-refractivity contribution in [1.82, 2.24) is 4.98 Å². The first-order valence-electron chi connectivity index (χ1n) is 5.89. The molecule has 0 radical (unpaired) electrons. The van der Waals surface area contributed by atoms with Crippen molar-refractivity contribution in [3.05, 3.63) is 36.7 Å². The number of nitrogens with one attached hydrogen (secondary N) is 1. The van der Waals surface area contributed by atoms with E-state index in [4.69, 9.17) is 4.74 Å². The van der Waals surface area contributed by atoms with Gasteiger partial charge in [-0.15, -0.1) is 0 Å². The van der Waals surface area contributed by atoms with E-state index in [0.717, 1.165) is 18.7 Å². The van der Waals surface area contributed by atoms with Crippen molar-refractivity contribution in [1.29, 1.82) is 0 Å². The molecular formula is C14H18N2O. The highest BCUT2D eigenvalue weighted by atomic mass is 16.5. The van der Waals surface area contributed by atoms with Crippen LogP contribution in [-0.4, -0.2) is 24.7 Å². The van der Waals surface area contributed by atoms with Crippen LogP contribution in [0.1, 0.15) is 13.3 Å². The molecule has 90 valence electrons. The molecule has 1 atom stereocenters. The summed E-state index contributed by atoms with van der Waals surface area (Å²) in [6.45, 7) is 2.94. The molecule has 0 fully saturated rings. The van der Waals surface area contributed by atoms with Gasteiger partial charge < -0.3 is 10.1 Å². The number of methoxy groups -OCH3 is 1. The number of ether oxygens (including phenoxy) is 1. The fourth-order valence-electron chi connectivity index (χ4n) is 1.87. The average molecular weight is 230 g/mol. The van der Waals surface area contributed by atoms with E-state index >= 15 is 0 Å². The molecule has 0 aliphatic heterocycles. The topological polar surface area (TPSA) is 34.1 Å². The molecule has 0 saturated carbocycles. The molecule has 3 nitrogen and oxygen atoms in total. The monoisotopic (exact) mass is 230 g/mol. The third-order valence-corrected chi connectivity index (χ3v) is 2.84. The number of rotatable bonds is 5. The van der Waals surface area contributed by atoms with Gasteiger partial charge in [-0.2, -0.15) is 0 Å². The number of hydrogen-bond donors (Lipinski definition) is 1. The minimum absolute atomic E-state index is 0.390. The minimum atomic E-state index is 0.390. The Morgan fingerprint density at radius 3 is 3.06 bits per heavy atom. The number of anilines is 1. The van der Waals surface area contributed by atoms with Crippen molar-refractivity contribution in [3.63, 3.8) is 0 Å². The van der Waals surface area contributed by atoms with Crippen LogP contribution in [0.4, 0.5) is 5.69 Å². The van der Waals surface area contributed by atoms with Crippen LogP contribution in [0.5, 0.6) is 0 Å². The number of nitrogens with zero attached hydrogens (tertiary/aromatic N) is 1. The average Bonchev–Trinajstić information content (AvgIpc) is 2.37. The molecule has 0 aliphatic carbocycles. The van der Waals surface area contributed by atoms with Gasteiger partial charge >= 0.3 is 0 Å². The van der Waals surface area contributed by atoms with Crippen molar-refractivity contribution in [2.75, 3.05) is 19.0 Å². The lowest BCUT2D eigenvalue weighted by molar-refractivity contribution is 0.191. The van der Waals surface area contributed by atoms with Gasteiger partial charge in [0.2, 0.25) is 0 Å². The summed E-state index contributed by atoms with van der Waals surface area (Å²) in [6.07, 6.45) is 4.72. The minimum Gasteiger partial charge on any atom is -0.385 e. The Labute approximate surface area is 102 Å². The highest BCUT2D eigenvalue weighted by Crippen LogP contribution is 2.22. The standard InChI is InChI=1S/C14H18N2O/c1-11(7-9-17-2)16-14-5-3-4-12-6-8-15-10-13(12)14/h3-6,8,10-11,16H,7,9H2,1-2H3. The summed E-state index contributed by atoms with van der Waals surface area (Å²) in [5.41, 5.74) is 1.14. The zero-order valence-electron chi connectivity index (χ0n) is 10.3. The molecular weight excluding hydrogens is 212 g/mol. The van der Waals surface area contributed by atoms with Crippen LogP contribution in [0.3, 0.4) is 0 Å². The SMILES string of the molecule is COCCC(C)Nc1cccc2ccncc12. The molecule has 1 heterocycles. The van der Waals surface area contributed by atoms with E-state index in [-0.39, 0.29) is 0 Å². The maximum Gasteiger partial charge on any atom is 0.0481 e. The number of benzene rings is 1. The molecule has 2 rings (SSSR count). The van der Waals surface area contributed by atoms with Gasteiger partial charge in [-0.25, -0.2) is 0 Å². The van der Waals surface area contributed by atoms with Crippen LogP contribution in [0.2, 0.25) is 0 Å². The predicted molar refractivity (Wildman–Crippen MR) is 71.3 cm³/mol. The second-order valence-electron chi connectivity index (χ2n) is 4.23. The van der Waals surface area contributed by atoms with Crippen LogP contribution in [-0.2, 0) is 4.74 Å². The van der Waals surface area contributed by atoms with Gasteiger partial charge in [-0.05, 0) is 30.9 Å². The van der Waals surface area contributed by atoms with Crippen molar-refractivity contribution >= 4 is 16.5 Å². The van der Waals surface area contributed by atoms with E-state index in [1.54, 1.807) is 7.11 Å². The molecule has 1 aromatic heterocycles. The summed E-state index contributed by atoms with van der Waals surface area (Å²) < 4.78 is 5.09. The maximum atomic E-state index is 5.09. The Balaban J connectivity index is 2.18. The van der Waals surface area contributed by atoms with E-state index < -0.39 is 0 Å². The summed E-state index contributed by atoms with van der Waals surface area (Å²) in [6, 6.07) is 8.67. The van der Waals surface area contributed by atoms with E-state index in [1.165, 1.54) is 10.8 Å². The smallest absolute Gasteiger partial charge is 0.0481 e. The molecule has 3 heteroatoms. The zero-order chi connectivity index (χ0) is 12.1. The summed E-state index contributed by atoms with van der Waals surface area (Å²) in [5, 5.41) is 5.88. The van der Waals surface area contributed by atoms with Gasteiger partial charge in [-0.1, -0.05) is 12.1 Å². The third kappa shape index (κ3) is 2.94. The van der Waals surface area contributed by atoms with Crippen molar-refractivity contribution in [2.45, 2.75) is 19.4 Å². The maximum absolute atomic E-state index is 5.09. The fraction of sp³-hybridized carbons (Fsp3) is 0.357. The normalized spacial score (nSPS) is 12.6. The highest BCUT2D eigenvalue weighted by molar-refractivity contribution is 5.93. The van der Waals surface area contributed by atoms with Crippen LogP contribution < -0.4 is 5.32 Å². The van der Waals surface area contributed by atoms with Gasteiger partial charge in [0.1, 0.15) is 0 Å². The van der Waals surface area contributed by atoms with Gasteiger partial charge in [0.05, 0.1) is 0 Å². The predicted octanol–water partition coefficient (Wildman–Crippen LogP) is 3.07. The summed E-state index contributed by atoms with van der Waals surface area (Å²) in [4.78, 5) is 4.18. The Hall–Kier alpha value is -1.61. The van der Waals surface area contributed by atoms with Crippen LogP contribution >= 0.6 is 0 Å². The lowest BCUT2D eigenvalue weighted by Gasteiger charge is -2.16. The number of aromatic nitrogens is 1.